The van der Waals surface area contributed by atoms with Gasteiger partial charge < -0.3 is 19.4 Å². The van der Waals surface area contributed by atoms with Gasteiger partial charge in [-0.3, -0.25) is 0 Å². The summed E-state index contributed by atoms with van der Waals surface area (Å²) in [7, 11) is 1.15. The van der Waals surface area contributed by atoms with Crippen LogP contribution in [0, 0.1) is 5.21 Å². The molecule has 0 fully saturated rings. The standard InChI is InChI=1S/C19H17N3O6/c1-3-27-12-7-8-13-16(10-12)22(25)17(19(24)26-2)15(21-13)11-28-18(23)14-6-4-5-9-20-14/h4-10H,3,11H2,1-2H3. The third-order valence-corrected chi connectivity index (χ3v) is 3.80. The van der Waals surface area contributed by atoms with Crippen LogP contribution in [0.5, 0.6) is 5.75 Å². The molecule has 9 heteroatoms. The SMILES string of the molecule is CCOc1ccc2nc(COC(=O)c3ccccn3)c(C(=O)OC)[n+]([O-])c2c1. The zero-order valence-electron chi connectivity index (χ0n) is 15.2. The van der Waals surface area contributed by atoms with Gasteiger partial charge in [0.2, 0.25) is 5.52 Å². The lowest BCUT2D eigenvalue weighted by molar-refractivity contribution is -0.581. The molecule has 3 aromatic rings. The molecule has 3 rings (SSSR count). The van der Waals surface area contributed by atoms with Crippen LogP contribution in [-0.4, -0.2) is 35.6 Å². The van der Waals surface area contributed by atoms with Crippen LogP contribution >= 0.6 is 0 Å². The highest BCUT2D eigenvalue weighted by Gasteiger charge is 2.28. The molecule has 9 nitrogen and oxygen atoms in total. The summed E-state index contributed by atoms with van der Waals surface area (Å²) in [6, 6.07) is 9.50. The minimum atomic E-state index is -0.893. The second-order valence-electron chi connectivity index (χ2n) is 5.57. The van der Waals surface area contributed by atoms with E-state index in [2.05, 4.69) is 9.97 Å². The average molecular weight is 383 g/mol. The number of carbonyl (C=O) groups is 2. The predicted octanol–water partition coefficient (Wildman–Crippen LogP) is 1.81. The van der Waals surface area contributed by atoms with Gasteiger partial charge in [0.05, 0.1) is 19.8 Å². The Kier molecular flexibility index (Phi) is 5.64. The third-order valence-electron chi connectivity index (χ3n) is 3.80. The van der Waals surface area contributed by atoms with Crippen LogP contribution < -0.4 is 9.47 Å². The number of benzene rings is 1. The summed E-state index contributed by atoms with van der Waals surface area (Å²) in [6.45, 7) is 1.83. The van der Waals surface area contributed by atoms with Gasteiger partial charge in [0.1, 0.15) is 23.6 Å². The van der Waals surface area contributed by atoms with Gasteiger partial charge in [-0.15, -0.1) is 0 Å². The Morgan fingerprint density at radius 2 is 2.00 bits per heavy atom. The summed E-state index contributed by atoms with van der Waals surface area (Å²) in [5.41, 5.74) is 0.153. The van der Waals surface area contributed by atoms with Crippen LogP contribution in [0.1, 0.15) is 33.6 Å². The van der Waals surface area contributed by atoms with Gasteiger partial charge in [-0.05, 0) is 31.2 Å². The van der Waals surface area contributed by atoms with E-state index in [4.69, 9.17) is 14.2 Å². The number of rotatable bonds is 6. The Balaban J connectivity index is 1.99. The van der Waals surface area contributed by atoms with Crippen LogP contribution in [0.15, 0.2) is 42.6 Å². The maximum absolute atomic E-state index is 12.8. The maximum Gasteiger partial charge on any atom is 0.406 e. The summed E-state index contributed by atoms with van der Waals surface area (Å²) >= 11 is 0. The molecule has 0 radical (unpaired) electrons. The largest absolute Gasteiger partial charge is 0.618 e. The predicted molar refractivity (Wildman–Crippen MR) is 96.6 cm³/mol. The zero-order chi connectivity index (χ0) is 20.1. The molecule has 28 heavy (non-hydrogen) atoms. The van der Waals surface area contributed by atoms with E-state index >= 15 is 0 Å². The van der Waals surface area contributed by atoms with E-state index in [0.29, 0.717) is 22.6 Å². The quantitative estimate of drug-likeness (QED) is 0.360. The van der Waals surface area contributed by atoms with Crippen molar-refractivity contribution in [2.24, 2.45) is 0 Å². The summed E-state index contributed by atoms with van der Waals surface area (Å²) in [5.74, 6) is -1.14. The molecule has 0 aliphatic heterocycles. The highest BCUT2D eigenvalue weighted by atomic mass is 16.5. The molecule has 144 valence electrons. The molecule has 1 aromatic carbocycles. The van der Waals surface area contributed by atoms with Crippen molar-refractivity contribution in [3.05, 3.63) is 64.9 Å². The molecule has 2 aromatic heterocycles. The molecule has 0 amide bonds. The monoisotopic (exact) mass is 383 g/mol. The van der Waals surface area contributed by atoms with Gasteiger partial charge in [-0.25, -0.2) is 19.6 Å². The molecule has 0 aliphatic rings. The highest BCUT2D eigenvalue weighted by Crippen LogP contribution is 2.19. The molecular weight excluding hydrogens is 366 g/mol. The fourth-order valence-electron chi connectivity index (χ4n) is 2.54. The van der Waals surface area contributed by atoms with Gasteiger partial charge in [0.25, 0.3) is 0 Å². The van der Waals surface area contributed by atoms with Crippen molar-refractivity contribution in [2.75, 3.05) is 13.7 Å². The summed E-state index contributed by atoms with van der Waals surface area (Å²) < 4.78 is 15.6. The van der Waals surface area contributed by atoms with Crippen LogP contribution in [0.25, 0.3) is 11.0 Å². The van der Waals surface area contributed by atoms with Crippen molar-refractivity contribution in [1.29, 1.82) is 0 Å². The number of ether oxygens (including phenoxy) is 3. The summed E-state index contributed by atoms with van der Waals surface area (Å²) in [5, 5.41) is 12.8. The van der Waals surface area contributed by atoms with E-state index in [9.17, 15) is 14.8 Å². The molecule has 0 spiro atoms. The van der Waals surface area contributed by atoms with E-state index < -0.39 is 18.5 Å². The zero-order valence-corrected chi connectivity index (χ0v) is 15.2. The van der Waals surface area contributed by atoms with E-state index in [1.165, 1.54) is 18.3 Å². The highest BCUT2D eigenvalue weighted by molar-refractivity contribution is 5.89. The second kappa shape index (κ2) is 8.30. The first-order chi connectivity index (χ1) is 13.5. The summed E-state index contributed by atoms with van der Waals surface area (Å²) in [6.07, 6.45) is 1.45. The number of hydrogen-bond acceptors (Lipinski definition) is 8. The minimum Gasteiger partial charge on any atom is -0.618 e. The van der Waals surface area contributed by atoms with E-state index in [1.807, 2.05) is 6.92 Å². The molecule has 0 aliphatic carbocycles. The number of pyridine rings is 1. The molecular formula is C19H17N3O6. The summed E-state index contributed by atoms with van der Waals surface area (Å²) in [4.78, 5) is 32.4. The van der Waals surface area contributed by atoms with Crippen molar-refractivity contribution >= 4 is 23.0 Å². The number of aromatic nitrogens is 3. The number of hydrogen-bond donors (Lipinski definition) is 0. The number of methoxy groups -OCH3 is 1. The second-order valence-corrected chi connectivity index (χ2v) is 5.57. The third kappa shape index (κ3) is 3.83. The lowest BCUT2D eigenvalue weighted by Crippen LogP contribution is -2.38. The fourth-order valence-corrected chi connectivity index (χ4v) is 2.54. The molecule has 0 bridgehead atoms. The molecule has 0 atom stereocenters. The number of esters is 2. The molecule has 2 heterocycles. The van der Waals surface area contributed by atoms with Crippen LogP contribution in [0.3, 0.4) is 0 Å². The Labute approximate surface area is 160 Å². The van der Waals surface area contributed by atoms with E-state index in [-0.39, 0.29) is 22.6 Å². The fraction of sp³-hybridized carbons (Fsp3) is 0.211. The van der Waals surface area contributed by atoms with Crippen molar-refractivity contribution in [1.82, 2.24) is 9.97 Å². The van der Waals surface area contributed by atoms with E-state index in [1.54, 1.807) is 24.3 Å². The Morgan fingerprint density at radius 1 is 1.18 bits per heavy atom. The van der Waals surface area contributed by atoms with Crippen LogP contribution in [-0.2, 0) is 16.1 Å². The maximum atomic E-state index is 12.8. The van der Waals surface area contributed by atoms with Crippen molar-refractivity contribution < 1.29 is 28.5 Å². The van der Waals surface area contributed by atoms with Gasteiger partial charge in [-0.2, -0.15) is 4.73 Å². The average Bonchev–Trinajstić information content (AvgIpc) is 2.73. The van der Waals surface area contributed by atoms with Gasteiger partial charge in [-0.1, -0.05) is 6.07 Å². The van der Waals surface area contributed by atoms with Crippen molar-refractivity contribution in [3.63, 3.8) is 0 Å². The molecule has 0 saturated heterocycles. The van der Waals surface area contributed by atoms with Gasteiger partial charge >= 0.3 is 17.6 Å². The smallest absolute Gasteiger partial charge is 0.406 e. The van der Waals surface area contributed by atoms with Gasteiger partial charge in [0.15, 0.2) is 5.69 Å². The lowest BCUT2D eigenvalue weighted by atomic mass is 10.2. The van der Waals surface area contributed by atoms with E-state index in [0.717, 1.165) is 7.11 Å². The number of fused-ring (bicyclic) bond motifs is 1. The minimum absolute atomic E-state index is 0.0252. The van der Waals surface area contributed by atoms with Crippen molar-refractivity contribution in [2.45, 2.75) is 13.5 Å². The molecule has 0 unspecified atom stereocenters. The molecule has 0 N–H and O–H groups in total. The van der Waals surface area contributed by atoms with Crippen LogP contribution in [0.4, 0.5) is 0 Å². The Hall–Kier alpha value is -3.75. The molecule has 0 saturated carbocycles. The number of carbonyl (C=O) groups excluding carboxylic acids is 2. The lowest BCUT2D eigenvalue weighted by Gasteiger charge is -2.11. The van der Waals surface area contributed by atoms with Crippen LogP contribution in [0.2, 0.25) is 0 Å². The normalized spacial score (nSPS) is 10.5. The van der Waals surface area contributed by atoms with Crippen molar-refractivity contribution in [3.8, 4) is 5.75 Å². The Bertz CT molecular complexity index is 1020. The topological polar surface area (TPSA) is 115 Å². The number of nitrogens with zero attached hydrogens (tertiary/aromatic N) is 3. The first kappa shape index (κ1) is 19.0. The first-order valence-corrected chi connectivity index (χ1v) is 8.40. The first-order valence-electron chi connectivity index (χ1n) is 8.40. The Morgan fingerprint density at radius 3 is 2.68 bits per heavy atom. The van der Waals surface area contributed by atoms with Gasteiger partial charge in [0, 0.05) is 6.20 Å².